The highest BCUT2D eigenvalue weighted by molar-refractivity contribution is 7.85. The highest BCUT2D eigenvalue weighted by Crippen LogP contribution is 2.18. The molecule has 15 heavy (non-hydrogen) atoms. The van der Waals surface area contributed by atoms with E-state index >= 15 is 0 Å². The first-order valence-electron chi connectivity index (χ1n) is 4.73. The van der Waals surface area contributed by atoms with Crippen molar-refractivity contribution in [3.05, 3.63) is 24.3 Å². The molecule has 1 rings (SSSR count). The molecule has 1 N–H and O–H groups in total. The van der Waals surface area contributed by atoms with E-state index in [4.69, 9.17) is 4.55 Å². The molecule has 0 saturated carbocycles. The topological polar surface area (TPSA) is 57.6 Å². The lowest BCUT2D eigenvalue weighted by molar-refractivity contribution is 0.483. The molecule has 4 nitrogen and oxygen atoms in total. The quantitative estimate of drug-likeness (QED) is 0.795. The molecular formula is C10H14NO3S. The molecule has 0 spiro atoms. The Kier molecular flexibility index (Phi) is 3.71. The number of hydrogen-bond donors (Lipinski definition) is 1. The highest BCUT2D eigenvalue weighted by Gasteiger charge is 2.11. The predicted octanol–water partition coefficient (Wildman–Crippen LogP) is 1.58. The maximum Gasteiger partial charge on any atom is 0.295 e. The van der Waals surface area contributed by atoms with Crippen LogP contribution in [0.2, 0.25) is 0 Å². The van der Waals surface area contributed by atoms with Gasteiger partial charge in [-0.25, -0.2) is 0 Å². The Morgan fingerprint density at radius 1 is 1.40 bits per heavy atom. The van der Waals surface area contributed by atoms with Crippen LogP contribution in [0.4, 0.5) is 5.69 Å². The standard InChI is InChI=1S/C10H14NO3S/c1-3-11(4-2)9-6-5-7-10(8-9)15(12,13)14/h5-6,8H,3-4H2,1-2H3,(H,12,13,14). The summed E-state index contributed by atoms with van der Waals surface area (Å²) in [6, 6.07) is 7.17. The molecule has 0 aliphatic heterocycles. The van der Waals surface area contributed by atoms with Crippen LogP contribution in [0.25, 0.3) is 0 Å². The molecule has 0 heterocycles. The van der Waals surface area contributed by atoms with Gasteiger partial charge in [0, 0.05) is 24.8 Å². The van der Waals surface area contributed by atoms with Gasteiger partial charge in [-0.05, 0) is 26.0 Å². The second kappa shape index (κ2) is 4.63. The summed E-state index contributed by atoms with van der Waals surface area (Å²) in [5.74, 6) is 0. The van der Waals surface area contributed by atoms with Crippen LogP contribution in [0.5, 0.6) is 0 Å². The molecule has 0 fully saturated rings. The maximum atomic E-state index is 10.9. The fraction of sp³-hybridized carbons (Fsp3) is 0.400. The number of anilines is 1. The van der Waals surface area contributed by atoms with Crippen molar-refractivity contribution in [3.8, 4) is 0 Å². The third kappa shape index (κ3) is 2.94. The highest BCUT2D eigenvalue weighted by atomic mass is 32.2. The van der Waals surface area contributed by atoms with Gasteiger partial charge in [0.2, 0.25) is 0 Å². The van der Waals surface area contributed by atoms with E-state index < -0.39 is 10.1 Å². The van der Waals surface area contributed by atoms with Gasteiger partial charge in [0.05, 0.1) is 0 Å². The van der Waals surface area contributed by atoms with Gasteiger partial charge in [-0.15, -0.1) is 0 Å². The molecule has 0 aromatic heterocycles. The molecule has 0 bridgehead atoms. The van der Waals surface area contributed by atoms with Crippen molar-refractivity contribution in [3.63, 3.8) is 0 Å². The average molecular weight is 228 g/mol. The summed E-state index contributed by atoms with van der Waals surface area (Å²) in [4.78, 5) is 1.80. The number of rotatable bonds is 4. The first-order valence-corrected chi connectivity index (χ1v) is 6.17. The SMILES string of the molecule is CCN(CC)c1cc[c]c(S(=O)(=O)O)c1. The zero-order valence-corrected chi connectivity index (χ0v) is 9.58. The van der Waals surface area contributed by atoms with Crippen molar-refractivity contribution in [2.24, 2.45) is 0 Å². The smallest absolute Gasteiger partial charge is 0.295 e. The maximum absolute atomic E-state index is 10.9. The molecule has 1 aromatic carbocycles. The van der Waals surface area contributed by atoms with Crippen molar-refractivity contribution >= 4 is 15.8 Å². The average Bonchev–Trinajstić information content (AvgIpc) is 2.19. The Labute approximate surface area is 90.3 Å². The van der Waals surface area contributed by atoms with Crippen molar-refractivity contribution in [1.29, 1.82) is 0 Å². The summed E-state index contributed by atoms with van der Waals surface area (Å²) in [7, 11) is -4.16. The molecule has 1 aromatic rings. The minimum Gasteiger partial charge on any atom is -0.372 e. The molecule has 0 unspecified atom stereocenters. The Hall–Kier alpha value is -1.07. The molecule has 0 amide bonds. The predicted molar refractivity (Wildman–Crippen MR) is 58.7 cm³/mol. The summed E-state index contributed by atoms with van der Waals surface area (Å²) < 4.78 is 30.6. The van der Waals surface area contributed by atoms with Crippen molar-refractivity contribution < 1.29 is 13.0 Å². The van der Waals surface area contributed by atoms with Gasteiger partial charge < -0.3 is 4.90 Å². The minimum absolute atomic E-state index is 0.188. The summed E-state index contributed by atoms with van der Waals surface area (Å²) in [5, 5.41) is 0. The van der Waals surface area contributed by atoms with Gasteiger partial charge in [0.15, 0.2) is 0 Å². The van der Waals surface area contributed by atoms with Crippen LogP contribution >= 0.6 is 0 Å². The van der Waals surface area contributed by atoms with Crippen molar-refractivity contribution in [2.75, 3.05) is 18.0 Å². The van der Waals surface area contributed by atoms with Crippen LogP contribution in [-0.4, -0.2) is 26.1 Å². The lowest BCUT2D eigenvalue weighted by Crippen LogP contribution is -2.21. The fourth-order valence-electron chi connectivity index (χ4n) is 1.37. The lowest BCUT2D eigenvalue weighted by Gasteiger charge is -2.21. The Balaban J connectivity index is 3.13. The van der Waals surface area contributed by atoms with Crippen molar-refractivity contribution in [1.82, 2.24) is 0 Å². The monoisotopic (exact) mass is 228 g/mol. The van der Waals surface area contributed by atoms with Crippen LogP contribution < -0.4 is 4.90 Å². The first-order chi connectivity index (χ1) is 6.99. The summed E-state index contributed by atoms with van der Waals surface area (Å²) >= 11 is 0. The summed E-state index contributed by atoms with van der Waals surface area (Å²) in [6.07, 6.45) is 0. The molecule has 1 radical (unpaired) electrons. The molecule has 0 aliphatic carbocycles. The molecule has 0 saturated heterocycles. The largest absolute Gasteiger partial charge is 0.372 e. The Bertz CT molecular complexity index is 424. The molecule has 0 aliphatic rings. The van der Waals surface area contributed by atoms with Crippen LogP contribution in [0.3, 0.4) is 0 Å². The third-order valence-electron chi connectivity index (χ3n) is 2.17. The first kappa shape index (κ1) is 12.0. The zero-order valence-electron chi connectivity index (χ0n) is 8.77. The zero-order chi connectivity index (χ0) is 11.5. The van der Waals surface area contributed by atoms with Crippen LogP contribution in [0.1, 0.15) is 13.8 Å². The lowest BCUT2D eigenvalue weighted by atomic mass is 10.3. The molecule has 5 heteroatoms. The van der Waals surface area contributed by atoms with Crippen molar-refractivity contribution in [2.45, 2.75) is 18.7 Å². The van der Waals surface area contributed by atoms with Crippen LogP contribution in [0, 0.1) is 6.07 Å². The van der Waals surface area contributed by atoms with Gasteiger partial charge >= 0.3 is 0 Å². The number of benzene rings is 1. The number of nitrogens with zero attached hydrogens (tertiary/aromatic N) is 1. The second-order valence-electron chi connectivity index (χ2n) is 3.06. The second-order valence-corrected chi connectivity index (χ2v) is 4.45. The van der Waals surface area contributed by atoms with E-state index in [2.05, 4.69) is 6.07 Å². The molecule has 83 valence electrons. The Morgan fingerprint density at radius 2 is 2.00 bits per heavy atom. The number of hydrogen-bond acceptors (Lipinski definition) is 3. The van der Waals surface area contributed by atoms with E-state index in [-0.39, 0.29) is 4.90 Å². The van der Waals surface area contributed by atoms with Crippen LogP contribution in [0.15, 0.2) is 23.1 Å². The van der Waals surface area contributed by atoms with E-state index in [1.54, 1.807) is 6.07 Å². The third-order valence-corrected chi connectivity index (χ3v) is 2.96. The van der Waals surface area contributed by atoms with E-state index in [9.17, 15) is 8.42 Å². The van der Waals surface area contributed by atoms with Gasteiger partial charge in [-0.2, -0.15) is 8.42 Å². The van der Waals surface area contributed by atoms with E-state index in [0.29, 0.717) is 0 Å². The normalized spacial score (nSPS) is 11.4. The molecule has 0 atom stereocenters. The minimum atomic E-state index is -4.16. The van der Waals surface area contributed by atoms with E-state index in [1.165, 1.54) is 12.1 Å². The fourth-order valence-corrected chi connectivity index (χ4v) is 1.85. The van der Waals surface area contributed by atoms with E-state index in [1.807, 2.05) is 18.7 Å². The van der Waals surface area contributed by atoms with E-state index in [0.717, 1.165) is 18.8 Å². The summed E-state index contributed by atoms with van der Waals surface area (Å²) in [5.41, 5.74) is 0.770. The van der Waals surface area contributed by atoms with Gasteiger partial charge in [0.25, 0.3) is 10.1 Å². The van der Waals surface area contributed by atoms with Crippen LogP contribution in [-0.2, 0) is 10.1 Å². The molecular weight excluding hydrogens is 214 g/mol. The Morgan fingerprint density at radius 3 is 2.47 bits per heavy atom. The van der Waals surface area contributed by atoms with Gasteiger partial charge in [-0.3, -0.25) is 4.55 Å². The summed E-state index contributed by atoms with van der Waals surface area (Å²) in [6.45, 7) is 5.53. The van der Waals surface area contributed by atoms with Gasteiger partial charge in [0.1, 0.15) is 4.90 Å². The van der Waals surface area contributed by atoms with Gasteiger partial charge in [-0.1, -0.05) is 6.07 Å².